The molecule has 0 bridgehead atoms. The van der Waals surface area contributed by atoms with Crippen molar-refractivity contribution in [3.63, 3.8) is 0 Å². The van der Waals surface area contributed by atoms with Crippen molar-refractivity contribution in [2.24, 2.45) is 11.3 Å². The van der Waals surface area contributed by atoms with Gasteiger partial charge >= 0.3 is 6.18 Å². The quantitative estimate of drug-likeness (QED) is 0.386. The molecule has 0 aliphatic carbocycles. The first kappa shape index (κ1) is 32.6. The molecule has 4 rings (SSSR count). The standard InChI is InChI=1S/C31H40F3N3O2.C2H6/c1-22(38)35-16-14-23(15-17-35)20-28(39)37-19-18-36(21-27(37)30(2,3)4)29(24-8-6-5-7-9-24)25-10-12-26(13-11-25)31(32,33)34;1-2/h5-13,23,27,29H,14-21H2,1-4H3;1-2H3. The van der Waals surface area contributed by atoms with Crippen molar-refractivity contribution in [2.45, 2.75) is 79.1 Å². The van der Waals surface area contributed by atoms with Gasteiger partial charge in [0.05, 0.1) is 11.6 Å². The lowest BCUT2D eigenvalue weighted by Crippen LogP contribution is -2.60. The van der Waals surface area contributed by atoms with Gasteiger partial charge in [-0.25, -0.2) is 0 Å². The second-order valence-electron chi connectivity index (χ2n) is 12.1. The molecule has 2 saturated heterocycles. The van der Waals surface area contributed by atoms with Gasteiger partial charge in [0, 0.05) is 52.1 Å². The molecule has 0 radical (unpaired) electrons. The lowest BCUT2D eigenvalue weighted by molar-refractivity contribution is -0.141. The second kappa shape index (κ2) is 13.9. The minimum absolute atomic E-state index is 0.0447. The fourth-order valence-corrected chi connectivity index (χ4v) is 6.00. The number of alkyl halides is 3. The highest BCUT2D eigenvalue weighted by molar-refractivity contribution is 5.77. The van der Waals surface area contributed by atoms with E-state index in [0.717, 1.165) is 36.1 Å². The Morgan fingerprint density at radius 1 is 0.854 bits per heavy atom. The molecule has 2 aromatic carbocycles. The third kappa shape index (κ3) is 8.34. The maximum absolute atomic E-state index is 13.6. The molecule has 8 heteroatoms. The van der Waals surface area contributed by atoms with Gasteiger partial charge in [-0.2, -0.15) is 13.2 Å². The van der Waals surface area contributed by atoms with Crippen molar-refractivity contribution in [3.8, 4) is 0 Å². The van der Waals surface area contributed by atoms with E-state index in [2.05, 4.69) is 25.7 Å². The van der Waals surface area contributed by atoms with E-state index >= 15 is 0 Å². The van der Waals surface area contributed by atoms with Crippen molar-refractivity contribution in [1.29, 1.82) is 0 Å². The van der Waals surface area contributed by atoms with Gasteiger partial charge in [0.1, 0.15) is 0 Å². The third-order valence-corrected chi connectivity index (χ3v) is 8.29. The first-order valence-corrected chi connectivity index (χ1v) is 14.9. The zero-order valence-corrected chi connectivity index (χ0v) is 25.4. The van der Waals surface area contributed by atoms with Gasteiger partial charge in [-0.3, -0.25) is 14.5 Å². The van der Waals surface area contributed by atoms with E-state index in [4.69, 9.17) is 0 Å². The van der Waals surface area contributed by atoms with Crippen LogP contribution >= 0.6 is 0 Å². The Bertz CT molecular complexity index is 1120. The predicted octanol–water partition coefficient (Wildman–Crippen LogP) is 7.03. The largest absolute Gasteiger partial charge is 0.416 e. The van der Waals surface area contributed by atoms with E-state index in [1.165, 1.54) is 0 Å². The van der Waals surface area contributed by atoms with E-state index in [-0.39, 0.29) is 35.2 Å². The first-order chi connectivity index (χ1) is 19.3. The van der Waals surface area contributed by atoms with Gasteiger partial charge in [-0.1, -0.05) is 77.1 Å². The van der Waals surface area contributed by atoms with Crippen molar-refractivity contribution in [3.05, 3.63) is 71.3 Å². The van der Waals surface area contributed by atoms with Crippen LogP contribution in [0.5, 0.6) is 0 Å². The minimum atomic E-state index is -4.38. The maximum Gasteiger partial charge on any atom is 0.416 e. The molecule has 2 aromatic rings. The van der Waals surface area contributed by atoms with E-state index in [1.54, 1.807) is 19.1 Å². The fraction of sp³-hybridized carbons (Fsp3) is 0.576. The number of nitrogens with zero attached hydrogens (tertiary/aromatic N) is 3. The van der Waals surface area contributed by atoms with Crippen molar-refractivity contribution < 1.29 is 22.8 Å². The highest BCUT2D eigenvalue weighted by Crippen LogP contribution is 2.37. The molecule has 0 N–H and O–H groups in total. The van der Waals surface area contributed by atoms with Crippen molar-refractivity contribution in [2.75, 3.05) is 32.7 Å². The summed E-state index contributed by atoms with van der Waals surface area (Å²) in [5.74, 6) is 0.516. The Morgan fingerprint density at radius 3 is 1.93 bits per heavy atom. The molecule has 2 fully saturated rings. The van der Waals surface area contributed by atoms with Crippen molar-refractivity contribution >= 4 is 11.8 Å². The maximum atomic E-state index is 13.6. The van der Waals surface area contributed by atoms with E-state index in [9.17, 15) is 22.8 Å². The molecule has 41 heavy (non-hydrogen) atoms. The molecule has 0 saturated carbocycles. The van der Waals surface area contributed by atoms with Crippen LogP contribution in [0, 0.1) is 11.3 Å². The number of piperazine rings is 1. The molecule has 0 spiro atoms. The second-order valence-corrected chi connectivity index (χ2v) is 12.1. The molecular formula is C33H46F3N3O2. The van der Waals surface area contributed by atoms with Crippen LogP contribution in [0.4, 0.5) is 13.2 Å². The highest BCUT2D eigenvalue weighted by Gasteiger charge is 2.41. The molecule has 226 valence electrons. The number of halogens is 3. The lowest BCUT2D eigenvalue weighted by Gasteiger charge is -2.50. The van der Waals surface area contributed by atoms with Gasteiger partial charge < -0.3 is 9.80 Å². The topological polar surface area (TPSA) is 43.9 Å². The summed E-state index contributed by atoms with van der Waals surface area (Å²) in [6.45, 7) is 15.2. The Kier molecular flexibility index (Phi) is 11.0. The molecule has 2 aliphatic heterocycles. The summed E-state index contributed by atoms with van der Waals surface area (Å²) in [4.78, 5) is 31.5. The van der Waals surface area contributed by atoms with Gasteiger partial charge in [-0.05, 0) is 47.4 Å². The number of benzene rings is 2. The summed E-state index contributed by atoms with van der Waals surface area (Å²) in [7, 11) is 0. The number of amides is 2. The Labute approximate surface area is 243 Å². The zero-order valence-electron chi connectivity index (χ0n) is 25.4. The molecule has 0 aromatic heterocycles. The molecular weight excluding hydrogens is 527 g/mol. The summed E-state index contributed by atoms with van der Waals surface area (Å²) in [6.07, 6.45) is -2.21. The van der Waals surface area contributed by atoms with Crippen LogP contribution in [0.1, 0.15) is 83.5 Å². The number of hydrogen-bond acceptors (Lipinski definition) is 3. The van der Waals surface area contributed by atoms with E-state index in [1.807, 2.05) is 54.0 Å². The average molecular weight is 574 g/mol. The monoisotopic (exact) mass is 573 g/mol. The van der Waals surface area contributed by atoms with Crippen LogP contribution < -0.4 is 0 Å². The molecule has 2 aliphatic rings. The fourth-order valence-electron chi connectivity index (χ4n) is 6.00. The number of piperidine rings is 1. The number of hydrogen-bond donors (Lipinski definition) is 0. The number of likely N-dealkylation sites (tertiary alicyclic amines) is 1. The van der Waals surface area contributed by atoms with E-state index in [0.29, 0.717) is 39.1 Å². The van der Waals surface area contributed by atoms with Crippen LogP contribution in [0.3, 0.4) is 0 Å². The van der Waals surface area contributed by atoms with Gasteiger partial charge in [0.2, 0.25) is 11.8 Å². The van der Waals surface area contributed by atoms with Gasteiger partial charge in [-0.15, -0.1) is 0 Å². The van der Waals surface area contributed by atoms with Crippen molar-refractivity contribution in [1.82, 2.24) is 14.7 Å². The SMILES string of the molecule is CC.CC(=O)N1CCC(CC(=O)N2CCN(C(c3ccccc3)c3ccc(C(F)(F)F)cc3)CC2C(C)(C)C)CC1. The summed E-state index contributed by atoms with van der Waals surface area (Å²) >= 11 is 0. The van der Waals surface area contributed by atoms with Gasteiger partial charge in [0.25, 0.3) is 0 Å². The number of carbonyl (C=O) groups is 2. The van der Waals surface area contributed by atoms with Crippen LogP contribution in [-0.4, -0.2) is 65.3 Å². The summed E-state index contributed by atoms with van der Waals surface area (Å²) in [5, 5.41) is 0. The molecule has 2 unspecified atom stereocenters. The van der Waals surface area contributed by atoms with Crippen LogP contribution in [-0.2, 0) is 15.8 Å². The number of carbonyl (C=O) groups excluding carboxylic acids is 2. The number of rotatable bonds is 5. The van der Waals surface area contributed by atoms with Crippen LogP contribution in [0.2, 0.25) is 0 Å². The van der Waals surface area contributed by atoms with E-state index < -0.39 is 11.7 Å². The summed E-state index contributed by atoms with van der Waals surface area (Å²) < 4.78 is 39.8. The first-order valence-electron chi connectivity index (χ1n) is 14.9. The zero-order chi connectivity index (χ0) is 30.4. The average Bonchev–Trinajstić information content (AvgIpc) is 2.94. The smallest absolute Gasteiger partial charge is 0.343 e. The summed E-state index contributed by atoms with van der Waals surface area (Å²) in [5.41, 5.74) is 0.976. The third-order valence-electron chi connectivity index (χ3n) is 8.29. The molecule has 2 atom stereocenters. The van der Waals surface area contributed by atoms with Gasteiger partial charge in [0.15, 0.2) is 0 Å². The molecule has 2 heterocycles. The predicted molar refractivity (Wildman–Crippen MR) is 157 cm³/mol. The normalized spacial score (nSPS) is 19.8. The Hall–Kier alpha value is -2.87. The molecule has 2 amide bonds. The molecule has 5 nitrogen and oxygen atoms in total. The minimum Gasteiger partial charge on any atom is -0.343 e. The highest BCUT2D eigenvalue weighted by atomic mass is 19.4. The van der Waals surface area contributed by atoms with Crippen LogP contribution in [0.15, 0.2) is 54.6 Å². The summed E-state index contributed by atoms with van der Waals surface area (Å²) in [6, 6.07) is 15.1. The lowest BCUT2D eigenvalue weighted by atomic mass is 9.82. The Morgan fingerprint density at radius 2 is 1.41 bits per heavy atom. The Balaban J connectivity index is 0.00000226. The van der Waals surface area contributed by atoms with Crippen LogP contribution in [0.25, 0.3) is 0 Å².